The molecule has 2 N–H and O–H groups in total. The minimum Gasteiger partial charge on any atom is -0.452 e. The van der Waals surface area contributed by atoms with Gasteiger partial charge in [0.05, 0.1) is 25.2 Å². The molecule has 0 saturated heterocycles. The minimum atomic E-state index is -0.668. The molecule has 1 aromatic carbocycles. The van der Waals surface area contributed by atoms with Crippen LogP contribution in [-0.2, 0) is 4.74 Å². The second-order valence-corrected chi connectivity index (χ2v) is 3.57. The van der Waals surface area contributed by atoms with Crippen molar-refractivity contribution in [2.24, 2.45) is 5.10 Å². The van der Waals surface area contributed by atoms with Crippen molar-refractivity contribution in [3.63, 3.8) is 0 Å². The molecule has 0 saturated carbocycles. The summed E-state index contributed by atoms with van der Waals surface area (Å²) in [6.07, 6.45) is 2.31. The molecule has 6 nitrogen and oxygen atoms in total. The van der Waals surface area contributed by atoms with Crippen LogP contribution in [0.3, 0.4) is 0 Å². The highest BCUT2D eigenvalue weighted by Crippen LogP contribution is 2.20. The average Bonchev–Trinajstić information content (AvgIpc) is 2.88. The first-order chi connectivity index (χ1) is 9.20. The molecule has 0 unspecified atom stereocenters. The Morgan fingerprint density at radius 3 is 2.89 bits per heavy atom. The number of carbonyl (C=O) groups is 1. The number of nitrogens with one attached hydrogen (secondary N) is 2. The van der Waals surface area contributed by atoms with E-state index in [0.717, 1.165) is 11.1 Å². The summed E-state index contributed by atoms with van der Waals surface area (Å²) in [5.41, 5.74) is 4.28. The maximum Gasteiger partial charge on any atom is 0.427 e. The smallest absolute Gasteiger partial charge is 0.427 e. The van der Waals surface area contributed by atoms with E-state index in [-0.39, 0.29) is 5.82 Å². The summed E-state index contributed by atoms with van der Waals surface area (Å²) in [5.74, 6) is -0.310. The number of aromatic amines is 1. The van der Waals surface area contributed by atoms with Gasteiger partial charge in [0.15, 0.2) is 0 Å². The Morgan fingerprint density at radius 1 is 1.47 bits per heavy atom. The molecule has 1 aromatic heterocycles. The highest BCUT2D eigenvalue weighted by Gasteiger charge is 2.06. The number of rotatable bonds is 3. The Labute approximate surface area is 108 Å². The lowest BCUT2D eigenvalue weighted by atomic mass is 10.1. The zero-order valence-corrected chi connectivity index (χ0v) is 10.1. The van der Waals surface area contributed by atoms with Crippen molar-refractivity contribution < 1.29 is 13.9 Å². The van der Waals surface area contributed by atoms with Crippen LogP contribution in [0.15, 0.2) is 35.6 Å². The standard InChI is InChI=1S/C12H11FN4O2/c1-19-12(18)17-15-7-11-10(6-14-16-11)8-2-4-9(13)5-3-8/h2-7H,1H3,(H,14,16)(H,17,18). The van der Waals surface area contributed by atoms with Gasteiger partial charge in [-0.05, 0) is 17.7 Å². The minimum absolute atomic E-state index is 0.310. The molecule has 0 aliphatic rings. The molecule has 0 spiro atoms. The normalized spacial score (nSPS) is 10.6. The van der Waals surface area contributed by atoms with Crippen LogP contribution in [0.2, 0.25) is 0 Å². The van der Waals surface area contributed by atoms with E-state index in [1.165, 1.54) is 25.5 Å². The lowest BCUT2D eigenvalue weighted by Crippen LogP contribution is -2.16. The van der Waals surface area contributed by atoms with Gasteiger partial charge in [-0.1, -0.05) is 12.1 Å². The number of H-pyrrole nitrogens is 1. The summed E-state index contributed by atoms with van der Waals surface area (Å²) in [6, 6.07) is 5.97. The molecule has 2 rings (SSSR count). The van der Waals surface area contributed by atoms with E-state index in [1.807, 2.05) is 0 Å². The third-order valence-electron chi connectivity index (χ3n) is 2.36. The van der Waals surface area contributed by atoms with E-state index in [1.54, 1.807) is 18.3 Å². The summed E-state index contributed by atoms with van der Waals surface area (Å²) >= 11 is 0. The second kappa shape index (κ2) is 5.76. The quantitative estimate of drug-likeness (QED) is 0.655. The molecular weight excluding hydrogens is 251 g/mol. The molecule has 0 atom stereocenters. The number of nitrogens with zero attached hydrogens (tertiary/aromatic N) is 2. The molecule has 0 bridgehead atoms. The first kappa shape index (κ1) is 12.7. The number of hydrogen-bond acceptors (Lipinski definition) is 4. The number of hydrogen-bond donors (Lipinski definition) is 2. The van der Waals surface area contributed by atoms with Crippen LogP contribution in [0.1, 0.15) is 5.69 Å². The van der Waals surface area contributed by atoms with Gasteiger partial charge in [0, 0.05) is 5.56 Å². The van der Waals surface area contributed by atoms with Gasteiger partial charge >= 0.3 is 6.09 Å². The van der Waals surface area contributed by atoms with Crippen LogP contribution in [-0.4, -0.2) is 29.6 Å². The van der Waals surface area contributed by atoms with Crippen molar-refractivity contribution >= 4 is 12.3 Å². The van der Waals surface area contributed by atoms with Gasteiger partial charge in [0.1, 0.15) is 5.82 Å². The molecule has 1 heterocycles. The van der Waals surface area contributed by atoms with Crippen LogP contribution in [0.25, 0.3) is 11.1 Å². The van der Waals surface area contributed by atoms with E-state index >= 15 is 0 Å². The van der Waals surface area contributed by atoms with Crippen molar-refractivity contribution in [1.82, 2.24) is 15.6 Å². The highest BCUT2D eigenvalue weighted by atomic mass is 19.1. The van der Waals surface area contributed by atoms with E-state index in [9.17, 15) is 9.18 Å². The van der Waals surface area contributed by atoms with Gasteiger partial charge in [-0.2, -0.15) is 10.2 Å². The van der Waals surface area contributed by atoms with Gasteiger partial charge in [-0.3, -0.25) is 5.10 Å². The number of carbonyl (C=O) groups excluding carboxylic acids is 1. The van der Waals surface area contributed by atoms with Crippen LogP contribution in [0.4, 0.5) is 9.18 Å². The van der Waals surface area contributed by atoms with Crippen molar-refractivity contribution in [2.45, 2.75) is 0 Å². The summed E-state index contributed by atoms with van der Waals surface area (Å²) in [7, 11) is 1.24. The van der Waals surface area contributed by atoms with E-state index < -0.39 is 6.09 Å². The maximum absolute atomic E-state index is 12.8. The predicted octanol–water partition coefficient (Wildman–Crippen LogP) is 1.91. The van der Waals surface area contributed by atoms with Gasteiger partial charge in [0.25, 0.3) is 0 Å². The first-order valence-electron chi connectivity index (χ1n) is 5.37. The summed E-state index contributed by atoms with van der Waals surface area (Å²) < 4.78 is 17.2. The lowest BCUT2D eigenvalue weighted by molar-refractivity contribution is 0.171. The van der Waals surface area contributed by atoms with Gasteiger partial charge in [-0.25, -0.2) is 14.6 Å². The topological polar surface area (TPSA) is 79.4 Å². The van der Waals surface area contributed by atoms with Gasteiger partial charge in [-0.15, -0.1) is 0 Å². The highest BCUT2D eigenvalue weighted by molar-refractivity contribution is 5.88. The molecule has 0 fully saturated rings. The summed E-state index contributed by atoms with van der Waals surface area (Å²) in [4.78, 5) is 10.8. The number of methoxy groups -OCH3 is 1. The molecule has 7 heteroatoms. The third kappa shape index (κ3) is 3.15. The van der Waals surface area contributed by atoms with Crippen LogP contribution < -0.4 is 5.43 Å². The molecule has 0 aliphatic carbocycles. The zero-order chi connectivity index (χ0) is 13.7. The second-order valence-electron chi connectivity index (χ2n) is 3.57. The molecule has 0 aliphatic heterocycles. The van der Waals surface area contributed by atoms with Crippen molar-refractivity contribution in [3.8, 4) is 11.1 Å². The van der Waals surface area contributed by atoms with Crippen LogP contribution in [0.5, 0.6) is 0 Å². The van der Waals surface area contributed by atoms with Crippen LogP contribution in [0, 0.1) is 5.82 Å². The Bertz CT molecular complexity index is 592. The van der Waals surface area contributed by atoms with Crippen molar-refractivity contribution in [2.75, 3.05) is 7.11 Å². The van der Waals surface area contributed by atoms with Gasteiger partial charge < -0.3 is 4.74 Å². The number of benzene rings is 1. The fourth-order valence-electron chi connectivity index (χ4n) is 1.45. The number of ether oxygens (including phenoxy) is 1. The molecule has 19 heavy (non-hydrogen) atoms. The third-order valence-corrected chi connectivity index (χ3v) is 2.36. The van der Waals surface area contributed by atoms with E-state index in [0.29, 0.717) is 5.69 Å². The monoisotopic (exact) mass is 262 g/mol. The Hall–Kier alpha value is -2.70. The lowest BCUT2D eigenvalue weighted by Gasteiger charge is -1.99. The largest absolute Gasteiger partial charge is 0.452 e. The average molecular weight is 262 g/mol. The Morgan fingerprint density at radius 2 is 2.21 bits per heavy atom. The summed E-state index contributed by atoms with van der Waals surface area (Å²) in [5, 5.41) is 10.3. The number of aromatic nitrogens is 2. The molecule has 98 valence electrons. The van der Waals surface area contributed by atoms with Crippen molar-refractivity contribution in [3.05, 3.63) is 42.0 Å². The molecule has 2 aromatic rings. The fraction of sp³-hybridized carbons (Fsp3) is 0.0833. The van der Waals surface area contributed by atoms with Crippen LogP contribution >= 0.6 is 0 Å². The van der Waals surface area contributed by atoms with Crippen molar-refractivity contribution in [1.29, 1.82) is 0 Å². The number of amides is 1. The number of halogens is 1. The summed E-state index contributed by atoms with van der Waals surface area (Å²) in [6.45, 7) is 0. The number of hydrazone groups is 1. The SMILES string of the molecule is COC(=O)NN=Cc1[nH]ncc1-c1ccc(F)cc1. The first-order valence-corrected chi connectivity index (χ1v) is 5.37. The predicted molar refractivity (Wildman–Crippen MR) is 67.1 cm³/mol. The Kier molecular flexibility index (Phi) is 3.87. The van der Waals surface area contributed by atoms with E-state index in [4.69, 9.17) is 0 Å². The zero-order valence-electron chi connectivity index (χ0n) is 10.1. The van der Waals surface area contributed by atoms with E-state index in [2.05, 4.69) is 25.5 Å². The van der Waals surface area contributed by atoms with Gasteiger partial charge in [0.2, 0.25) is 0 Å². The molecule has 1 amide bonds. The maximum atomic E-state index is 12.8. The fourth-order valence-corrected chi connectivity index (χ4v) is 1.45. The molecule has 0 radical (unpaired) electrons. The Balaban J connectivity index is 2.18. The molecular formula is C12H11FN4O2.